The van der Waals surface area contributed by atoms with E-state index in [0.29, 0.717) is 0 Å². The lowest BCUT2D eigenvalue weighted by atomic mass is 10.0. The Kier molecular flexibility index (Phi) is 9.46. The molecule has 0 amide bonds. The van der Waals surface area contributed by atoms with E-state index < -0.39 is 7.82 Å². The van der Waals surface area contributed by atoms with Gasteiger partial charge in [0.2, 0.25) is 0 Å². The number of unbranched alkanes of at least 4 members (excludes halogenated alkanes) is 3. The van der Waals surface area contributed by atoms with Crippen LogP contribution >= 0.6 is 7.82 Å². The summed E-state index contributed by atoms with van der Waals surface area (Å²) in [7, 11) is -4.64. The van der Waals surface area contributed by atoms with Gasteiger partial charge in [-0.3, -0.25) is 0 Å². The number of rotatable bonds is 7. The number of para-hydroxylation sites is 1. The molecule has 0 aliphatic rings. The maximum absolute atomic E-state index is 8.88. The first-order valence-electron chi connectivity index (χ1n) is 8.40. The van der Waals surface area contributed by atoms with Gasteiger partial charge < -0.3 is 19.4 Å². The molecule has 25 heavy (non-hydrogen) atoms. The van der Waals surface area contributed by atoms with Gasteiger partial charge in [0.05, 0.1) is 0 Å². The van der Waals surface area contributed by atoms with Crippen LogP contribution < -0.4 is 4.74 Å². The standard InChI is InChI=1S/C19H24O.H3O4P/c1-3-4-5-7-10-17-15-16(2)13-14-19(17)20-18-11-8-6-9-12-18;1-5(2,3)4/h6,8-9,11-15H,3-5,7,10H2,1-2H3;(H3,1,2,3,4). The summed E-state index contributed by atoms with van der Waals surface area (Å²) < 4.78 is 14.9. The Morgan fingerprint density at radius 1 is 0.960 bits per heavy atom. The zero-order valence-corrected chi connectivity index (χ0v) is 15.7. The number of aryl methyl sites for hydroxylation is 2. The van der Waals surface area contributed by atoms with Crippen LogP contribution in [0.5, 0.6) is 11.5 Å². The van der Waals surface area contributed by atoms with Crippen molar-refractivity contribution in [2.45, 2.75) is 46.0 Å². The van der Waals surface area contributed by atoms with Crippen molar-refractivity contribution in [3.8, 4) is 11.5 Å². The number of hydrogen-bond acceptors (Lipinski definition) is 2. The van der Waals surface area contributed by atoms with Gasteiger partial charge in [0, 0.05) is 0 Å². The predicted octanol–water partition coefficient (Wildman–Crippen LogP) is 4.98. The molecule has 0 bridgehead atoms. The van der Waals surface area contributed by atoms with Crippen LogP contribution in [0.3, 0.4) is 0 Å². The molecule has 2 aromatic carbocycles. The van der Waals surface area contributed by atoms with Crippen molar-refractivity contribution in [3.63, 3.8) is 0 Å². The van der Waals surface area contributed by atoms with Gasteiger partial charge >= 0.3 is 7.82 Å². The van der Waals surface area contributed by atoms with Crippen molar-refractivity contribution in [3.05, 3.63) is 59.7 Å². The fourth-order valence-corrected chi connectivity index (χ4v) is 2.36. The van der Waals surface area contributed by atoms with E-state index in [9.17, 15) is 0 Å². The minimum atomic E-state index is -4.64. The van der Waals surface area contributed by atoms with Crippen LogP contribution in [0.25, 0.3) is 0 Å². The van der Waals surface area contributed by atoms with E-state index in [1.54, 1.807) is 0 Å². The summed E-state index contributed by atoms with van der Waals surface area (Å²) in [4.78, 5) is 21.6. The first-order chi connectivity index (χ1) is 11.8. The van der Waals surface area contributed by atoms with Crippen molar-refractivity contribution in [2.24, 2.45) is 0 Å². The molecule has 0 aliphatic heterocycles. The number of phosphoric acid groups is 1. The highest BCUT2D eigenvalue weighted by atomic mass is 31.2. The lowest BCUT2D eigenvalue weighted by Gasteiger charge is -2.12. The van der Waals surface area contributed by atoms with E-state index in [1.165, 1.54) is 36.8 Å². The summed E-state index contributed by atoms with van der Waals surface area (Å²) in [5, 5.41) is 0. The molecule has 0 heterocycles. The Morgan fingerprint density at radius 3 is 2.20 bits per heavy atom. The minimum Gasteiger partial charge on any atom is -0.457 e. The monoisotopic (exact) mass is 366 g/mol. The first-order valence-corrected chi connectivity index (χ1v) is 9.97. The molecule has 0 radical (unpaired) electrons. The van der Waals surface area contributed by atoms with Crippen molar-refractivity contribution in [1.82, 2.24) is 0 Å². The summed E-state index contributed by atoms with van der Waals surface area (Å²) in [6, 6.07) is 16.5. The van der Waals surface area contributed by atoms with Crippen LogP contribution in [-0.4, -0.2) is 14.7 Å². The number of hydrogen-bond donors (Lipinski definition) is 3. The van der Waals surface area contributed by atoms with E-state index in [4.69, 9.17) is 24.0 Å². The Hall–Kier alpha value is -1.65. The number of benzene rings is 2. The largest absolute Gasteiger partial charge is 0.466 e. The molecule has 0 fully saturated rings. The molecule has 2 aromatic rings. The van der Waals surface area contributed by atoms with Crippen LogP contribution in [0.15, 0.2) is 48.5 Å². The molecule has 0 unspecified atom stereocenters. The molecule has 138 valence electrons. The van der Waals surface area contributed by atoms with Crippen molar-refractivity contribution in [1.29, 1.82) is 0 Å². The maximum atomic E-state index is 8.88. The second-order valence-electron chi connectivity index (χ2n) is 5.85. The van der Waals surface area contributed by atoms with Gasteiger partial charge in [0.25, 0.3) is 0 Å². The number of ether oxygens (including phenoxy) is 1. The lowest BCUT2D eigenvalue weighted by molar-refractivity contribution is 0.275. The molecule has 5 nitrogen and oxygen atoms in total. The first kappa shape index (κ1) is 21.4. The summed E-state index contributed by atoms with van der Waals surface area (Å²) in [5.74, 6) is 1.91. The highest BCUT2D eigenvalue weighted by Gasteiger charge is 2.05. The van der Waals surface area contributed by atoms with Gasteiger partial charge in [0.1, 0.15) is 11.5 Å². The summed E-state index contributed by atoms with van der Waals surface area (Å²) in [6.07, 6.45) is 6.24. The van der Waals surface area contributed by atoms with Crippen LogP contribution in [0.4, 0.5) is 0 Å². The zero-order chi connectivity index (χ0) is 18.7. The Bertz CT molecular complexity index is 659. The molecule has 0 aliphatic carbocycles. The smallest absolute Gasteiger partial charge is 0.457 e. The van der Waals surface area contributed by atoms with Gasteiger partial charge in [-0.15, -0.1) is 0 Å². The van der Waals surface area contributed by atoms with Gasteiger partial charge in [-0.05, 0) is 43.5 Å². The van der Waals surface area contributed by atoms with Crippen LogP contribution in [-0.2, 0) is 11.0 Å². The Morgan fingerprint density at radius 2 is 1.60 bits per heavy atom. The fraction of sp³-hybridized carbons (Fsp3) is 0.368. The molecule has 0 saturated carbocycles. The maximum Gasteiger partial charge on any atom is 0.466 e. The SMILES string of the molecule is CCCCCCc1cc(C)ccc1Oc1ccccc1.O=P(O)(O)O. The highest BCUT2D eigenvalue weighted by Crippen LogP contribution is 2.27. The summed E-state index contributed by atoms with van der Waals surface area (Å²) in [5.41, 5.74) is 2.63. The highest BCUT2D eigenvalue weighted by molar-refractivity contribution is 7.45. The van der Waals surface area contributed by atoms with Crippen molar-refractivity contribution in [2.75, 3.05) is 0 Å². The molecule has 0 spiro atoms. The predicted molar refractivity (Wildman–Crippen MR) is 99.8 cm³/mol. The third kappa shape index (κ3) is 10.7. The van der Waals surface area contributed by atoms with E-state index in [2.05, 4.69) is 32.0 Å². The van der Waals surface area contributed by atoms with E-state index in [-0.39, 0.29) is 0 Å². The molecule has 2 rings (SSSR count). The minimum absolute atomic E-state index is 0.908. The van der Waals surface area contributed by atoms with E-state index in [0.717, 1.165) is 17.9 Å². The molecular weight excluding hydrogens is 339 g/mol. The average Bonchev–Trinajstić information content (AvgIpc) is 2.53. The van der Waals surface area contributed by atoms with Gasteiger partial charge in [-0.1, -0.05) is 62.1 Å². The average molecular weight is 366 g/mol. The summed E-state index contributed by atoms with van der Waals surface area (Å²) in [6.45, 7) is 4.39. The second kappa shape index (κ2) is 11.1. The van der Waals surface area contributed by atoms with Crippen molar-refractivity contribution >= 4 is 7.82 Å². The zero-order valence-electron chi connectivity index (χ0n) is 14.8. The van der Waals surface area contributed by atoms with Gasteiger partial charge in [-0.2, -0.15) is 0 Å². The fourth-order valence-electron chi connectivity index (χ4n) is 2.36. The lowest BCUT2D eigenvalue weighted by Crippen LogP contribution is -1.93. The Labute approximate surface area is 149 Å². The molecule has 0 saturated heterocycles. The van der Waals surface area contributed by atoms with E-state index in [1.807, 2.05) is 30.3 Å². The molecular formula is C19H27O5P. The van der Waals surface area contributed by atoms with Crippen LogP contribution in [0, 0.1) is 6.92 Å². The summed E-state index contributed by atoms with van der Waals surface area (Å²) >= 11 is 0. The molecule has 3 N–H and O–H groups in total. The van der Waals surface area contributed by atoms with Gasteiger partial charge in [-0.25, -0.2) is 4.57 Å². The second-order valence-corrected chi connectivity index (χ2v) is 6.88. The third-order valence-corrected chi connectivity index (χ3v) is 3.49. The molecule has 0 aromatic heterocycles. The molecule has 6 heteroatoms. The Balaban J connectivity index is 0.000000550. The topological polar surface area (TPSA) is 87.0 Å². The quantitative estimate of drug-likeness (QED) is 0.475. The van der Waals surface area contributed by atoms with Crippen LogP contribution in [0.1, 0.15) is 43.7 Å². The normalized spacial score (nSPS) is 10.8. The van der Waals surface area contributed by atoms with Gasteiger partial charge in [0.15, 0.2) is 0 Å². The van der Waals surface area contributed by atoms with Crippen molar-refractivity contribution < 1.29 is 24.0 Å². The van der Waals surface area contributed by atoms with Crippen LogP contribution in [0.2, 0.25) is 0 Å². The third-order valence-electron chi connectivity index (χ3n) is 3.49. The molecule has 0 atom stereocenters. The van der Waals surface area contributed by atoms with E-state index >= 15 is 0 Å².